The molecule has 13 heavy (non-hydrogen) atoms. The van der Waals surface area contributed by atoms with E-state index in [-0.39, 0.29) is 24.7 Å². The lowest BCUT2D eigenvalue weighted by Crippen LogP contribution is -2.01. The molecule has 0 aliphatic rings. The van der Waals surface area contributed by atoms with E-state index in [2.05, 4.69) is 5.18 Å². The van der Waals surface area contributed by atoms with Crippen molar-refractivity contribution in [1.29, 1.82) is 0 Å². The quantitative estimate of drug-likeness (QED) is 0.686. The maximum Gasteiger partial charge on any atom is 0.149 e. The third kappa shape index (κ3) is 2.41. The summed E-state index contributed by atoms with van der Waals surface area (Å²) in [4.78, 5) is 10.1. The van der Waals surface area contributed by atoms with E-state index in [1.54, 1.807) is 0 Å². The lowest BCUT2D eigenvalue weighted by Gasteiger charge is -2.04. The van der Waals surface area contributed by atoms with Gasteiger partial charge in [-0.15, -0.1) is 4.91 Å². The lowest BCUT2D eigenvalue weighted by molar-refractivity contribution is 0.201. The van der Waals surface area contributed by atoms with Crippen LogP contribution in [0.25, 0.3) is 0 Å². The largest absolute Gasteiger partial charge is 0.505 e. The van der Waals surface area contributed by atoms with E-state index in [4.69, 9.17) is 14.9 Å². The maximum absolute atomic E-state index is 10.1. The Morgan fingerprint density at radius 2 is 2.23 bits per heavy atom. The molecule has 0 spiro atoms. The molecule has 1 rings (SSSR count). The van der Waals surface area contributed by atoms with E-state index in [9.17, 15) is 4.91 Å². The molecular weight excluding hydrogens is 174 g/mol. The Bertz CT molecular complexity index is 300. The zero-order valence-corrected chi connectivity index (χ0v) is 6.80. The molecule has 0 saturated heterocycles. The number of nitroso groups, excluding NO2 is 1. The molecule has 0 atom stereocenters. The van der Waals surface area contributed by atoms with Crippen LogP contribution >= 0.6 is 0 Å². The molecule has 0 fully saturated rings. The first-order valence-electron chi connectivity index (χ1n) is 3.68. The fourth-order valence-electron chi connectivity index (χ4n) is 0.834. The fourth-order valence-corrected chi connectivity index (χ4v) is 0.834. The Morgan fingerprint density at radius 3 is 2.77 bits per heavy atom. The Hall–Kier alpha value is -1.62. The predicted molar refractivity (Wildman–Crippen MR) is 46.1 cm³/mol. The van der Waals surface area contributed by atoms with Gasteiger partial charge in [0.2, 0.25) is 0 Å². The van der Waals surface area contributed by atoms with Gasteiger partial charge < -0.3 is 14.9 Å². The number of hydrogen-bond donors (Lipinski definition) is 2. The van der Waals surface area contributed by atoms with Crippen LogP contribution in [0.5, 0.6) is 11.5 Å². The van der Waals surface area contributed by atoms with E-state index in [0.717, 1.165) is 0 Å². The molecule has 0 aromatic heterocycles. The molecule has 0 aliphatic heterocycles. The predicted octanol–water partition coefficient (Wildman–Crippen LogP) is 1.16. The summed E-state index contributed by atoms with van der Waals surface area (Å²) >= 11 is 0. The number of nitrogens with zero attached hydrogens (tertiary/aromatic N) is 1. The van der Waals surface area contributed by atoms with E-state index in [0.29, 0.717) is 5.75 Å². The highest BCUT2D eigenvalue weighted by Gasteiger charge is 2.02. The van der Waals surface area contributed by atoms with Gasteiger partial charge in [-0.25, -0.2) is 0 Å². The molecule has 0 bridgehead atoms. The number of phenolic OH excluding ortho intramolecular Hbond substituents is 1. The van der Waals surface area contributed by atoms with Crippen LogP contribution in [0.15, 0.2) is 23.4 Å². The monoisotopic (exact) mass is 183 g/mol. The van der Waals surface area contributed by atoms with Crippen LogP contribution in [0, 0.1) is 4.91 Å². The van der Waals surface area contributed by atoms with Crippen LogP contribution in [0.4, 0.5) is 5.69 Å². The van der Waals surface area contributed by atoms with Gasteiger partial charge in [-0.2, -0.15) is 0 Å². The number of aliphatic hydroxyl groups is 1. The van der Waals surface area contributed by atoms with E-state index < -0.39 is 0 Å². The SMILES string of the molecule is O=Nc1ccc(OCCO)cc1O. The molecule has 5 nitrogen and oxygen atoms in total. The van der Waals surface area contributed by atoms with Gasteiger partial charge in [-0.3, -0.25) is 0 Å². The van der Waals surface area contributed by atoms with E-state index >= 15 is 0 Å². The first kappa shape index (κ1) is 9.47. The number of hydrogen-bond acceptors (Lipinski definition) is 5. The zero-order chi connectivity index (χ0) is 9.68. The summed E-state index contributed by atoms with van der Waals surface area (Å²) in [5, 5.41) is 20.2. The van der Waals surface area contributed by atoms with Crippen molar-refractivity contribution in [1.82, 2.24) is 0 Å². The summed E-state index contributed by atoms with van der Waals surface area (Å²) in [6, 6.07) is 4.10. The van der Waals surface area contributed by atoms with Crippen LogP contribution in [-0.2, 0) is 0 Å². The Morgan fingerprint density at radius 1 is 1.46 bits per heavy atom. The topological polar surface area (TPSA) is 79.1 Å². The van der Waals surface area contributed by atoms with E-state index in [1.165, 1.54) is 18.2 Å². The van der Waals surface area contributed by atoms with Gasteiger partial charge in [-0.05, 0) is 17.3 Å². The molecule has 0 radical (unpaired) electrons. The van der Waals surface area contributed by atoms with Crippen molar-refractivity contribution >= 4 is 5.69 Å². The molecule has 0 saturated carbocycles. The van der Waals surface area contributed by atoms with Crippen molar-refractivity contribution in [2.24, 2.45) is 5.18 Å². The molecule has 0 heterocycles. The molecule has 0 unspecified atom stereocenters. The first-order chi connectivity index (χ1) is 6.27. The summed E-state index contributed by atoms with van der Waals surface area (Å²) in [5.41, 5.74) is -0.0312. The minimum atomic E-state index is -0.231. The minimum Gasteiger partial charge on any atom is -0.505 e. The number of aliphatic hydroxyl groups excluding tert-OH is 1. The van der Waals surface area contributed by atoms with Crippen LogP contribution in [0.3, 0.4) is 0 Å². The average molecular weight is 183 g/mol. The van der Waals surface area contributed by atoms with Gasteiger partial charge in [0.05, 0.1) is 6.61 Å². The van der Waals surface area contributed by atoms with Crippen molar-refractivity contribution in [2.45, 2.75) is 0 Å². The number of phenols is 1. The van der Waals surface area contributed by atoms with Crippen LogP contribution in [0.1, 0.15) is 0 Å². The van der Waals surface area contributed by atoms with Crippen LogP contribution in [0.2, 0.25) is 0 Å². The summed E-state index contributed by atoms with van der Waals surface area (Å²) < 4.78 is 4.98. The Balaban J connectivity index is 2.77. The fraction of sp³-hybridized carbons (Fsp3) is 0.250. The normalized spacial score (nSPS) is 9.62. The summed E-state index contributed by atoms with van der Waals surface area (Å²) in [5.74, 6) is 0.157. The third-order valence-electron chi connectivity index (χ3n) is 1.41. The van der Waals surface area contributed by atoms with Crippen molar-refractivity contribution in [2.75, 3.05) is 13.2 Å². The van der Waals surface area contributed by atoms with Crippen molar-refractivity contribution < 1.29 is 14.9 Å². The summed E-state index contributed by atoms with van der Waals surface area (Å²) in [6.07, 6.45) is 0. The summed E-state index contributed by atoms with van der Waals surface area (Å²) in [7, 11) is 0. The smallest absolute Gasteiger partial charge is 0.149 e. The second kappa shape index (κ2) is 4.42. The van der Waals surface area contributed by atoms with Gasteiger partial charge >= 0.3 is 0 Å². The summed E-state index contributed by atoms with van der Waals surface area (Å²) in [6.45, 7) is 0.0434. The van der Waals surface area contributed by atoms with Gasteiger partial charge in [0, 0.05) is 6.07 Å². The Kier molecular flexibility index (Phi) is 3.22. The molecule has 2 N–H and O–H groups in total. The van der Waals surface area contributed by atoms with Crippen molar-refractivity contribution in [3.63, 3.8) is 0 Å². The number of ether oxygens (including phenoxy) is 1. The number of aromatic hydroxyl groups is 1. The van der Waals surface area contributed by atoms with Crippen LogP contribution < -0.4 is 4.74 Å². The van der Waals surface area contributed by atoms with Crippen molar-refractivity contribution in [3.05, 3.63) is 23.1 Å². The number of rotatable bonds is 4. The number of benzene rings is 1. The van der Waals surface area contributed by atoms with Gasteiger partial charge in [0.1, 0.15) is 23.8 Å². The van der Waals surface area contributed by atoms with Gasteiger partial charge in [-0.1, -0.05) is 0 Å². The second-order valence-corrected chi connectivity index (χ2v) is 2.31. The lowest BCUT2D eigenvalue weighted by atomic mass is 10.3. The highest BCUT2D eigenvalue weighted by Crippen LogP contribution is 2.29. The molecule has 0 aliphatic carbocycles. The Labute approximate surface area is 74.6 Å². The highest BCUT2D eigenvalue weighted by molar-refractivity contribution is 5.53. The molecule has 1 aromatic carbocycles. The standard InChI is InChI=1S/C8H9NO4/c10-3-4-13-6-1-2-7(9-12)8(11)5-6/h1-2,5,10-11H,3-4H2. The second-order valence-electron chi connectivity index (χ2n) is 2.31. The van der Waals surface area contributed by atoms with Crippen LogP contribution in [-0.4, -0.2) is 23.4 Å². The molecule has 5 heteroatoms. The molecule has 0 amide bonds. The van der Waals surface area contributed by atoms with Gasteiger partial charge in [0.25, 0.3) is 0 Å². The average Bonchev–Trinajstić information content (AvgIpc) is 2.15. The van der Waals surface area contributed by atoms with Crippen molar-refractivity contribution in [3.8, 4) is 11.5 Å². The molecular formula is C8H9NO4. The highest BCUT2D eigenvalue weighted by atomic mass is 16.5. The molecule has 1 aromatic rings. The first-order valence-corrected chi connectivity index (χ1v) is 3.68. The minimum absolute atomic E-state index is 0.0312. The zero-order valence-electron chi connectivity index (χ0n) is 6.80. The third-order valence-corrected chi connectivity index (χ3v) is 1.41. The van der Waals surface area contributed by atoms with Gasteiger partial charge in [0.15, 0.2) is 0 Å². The molecule has 70 valence electrons. The van der Waals surface area contributed by atoms with E-state index in [1.807, 2.05) is 0 Å². The maximum atomic E-state index is 10.1.